The molecule has 1 aliphatic heterocycles. The molecule has 29 heavy (non-hydrogen) atoms. The van der Waals surface area contributed by atoms with Crippen molar-refractivity contribution in [3.05, 3.63) is 39.3 Å². The number of aromatic nitrogens is 4. The van der Waals surface area contributed by atoms with E-state index in [1.165, 1.54) is 35.6 Å². The number of aliphatic hydroxyl groups is 1. The Morgan fingerprint density at radius 1 is 1.14 bits per heavy atom. The minimum atomic E-state index is -1.03. The lowest BCUT2D eigenvalue weighted by Crippen LogP contribution is -2.38. The molecule has 0 aliphatic carbocycles. The summed E-state index contributed by atoms with van der Waals surface area (Å²) in [5.74, 6) is -0.308. The second-order valence-corrected chi connectivity index (χ2v) is 7.03. The Kier molecular flexibility index (Phi) is 6.78. The molecule has 10 heteroatoms. The van der Waals surface area contributed by atoms with Crippen LogP contribution in [0.15, 0.2) is 28.1 Å². The van der Waals surface area contributed by atoms with Crippen molar-refractivity contribution < 1.29 is 19.4 Å². The van der Waals surface area contributed by atoms with Crippen LogP contribution in [0.1, 0.15) is 31.9 Å². The molecule has 2 aromatic rings. The van der Waals surface area contributed by atoms with Crippen LogP contribution in [0.2, 0.25) is 0 Å². The number of aliphatic hydroxyl groups excluding tert-OH is 1. The standard InChI is InChI=1S/C19H26N4O6/c1-21-16-15(17(26)22(2)19(21)27)20-12-23(16)18-14(25)8-7-13(29-18)11-28-10-6-4-3-5-9-24/h7-8,12-13,18,24H,3-6,9-11H2,1-2H3/t13-,18-/m0/s1. The highest BCUT2D eigenvalue weighted by atomic mass is 16.5. The fourth-order valence-electron chi connectivity index (χ4n) is 3.30. The zero-order valence-corrected chi connectivity index (χ0v) is 16.6. The number of aryl methyl sites for hydroxylation is 1. The lowest BCUT2D eigenvalue weighted by molar-refractivity contribution is -0.140. The van der Waals surface area contributed by atoms with Gasteiger partial charge in [0.15, 0.2) is 11.2 Å². The van der Waals surface area contributed by atoms with E-state index in [1.54, 1.807) is 6.08 Å². The highest BCUT2D eigenvalue weighted by Crippen LogP contribution is 2.22. The monoisotopic (exact) mass is 406 g/mol. The minimum absolute atomic E-state index is 0.0937. The molecule has 2 atom stereocenters. The number of imidazole rings is 1. The van der Waals surface area contributed by atoms with Crippen molar-refractivity contribution in [2.75, 3.05) is 19.8 Å². The molecule has 158 valence electrons. The molecule has 0 unspecified atom stereocenters. The minimum Gasteiger partial charge on any atom is -0.396 e. The molecule has 0 radical (unpaired) electrons. The van der Waals surface area contributed by atoms with Gasteiger partial charge in [0.1, 0.15) is 6.10 Å². The number of fused-ring (bicyclic) bond motifs is 1. The van der Waals surface area contributed by atoms with Crippen LogP contribution in [0.5, 0.6) is 0 Å². The van der Waals surface area contributed by atoms with Crippen LogP contribution >= 0.6 is 0 Å². The highest BCUT2D eigenvalue weighted by molar-refractivity contribution is 5.93. The number of ketones is 1. The van der Waals surface area contributed by atoms with Crippen LogP contribution in [0.4, 0.5) is 0 Å². The van der Waals surface area contributed by atoms with Crippen molar-refractivity contribution in [1.82, 2.24) is 18.7 Å². The van der Waals surface area contributed by atoms with Crippen LogP contribution in [-0.4, -0.2) is 55.5 Å². The molecule has 3 heterocycles. The van der Waals surface area contributed by atoms with Crippen molar-refractivity contribution >= 4 is 16.9 Å². The summed E-state index contributed by atoms with van der Waals surface area (Å²) in [6, 6.07) is 0. The number of hydrogen-bond donors (Lipinski definition) is 1. The number of nitrogens with zero attached hydrogens (tertiary/aromatic N) is 4. The first-order valence-corrected chi connectivity index (χ1v) is 9.64. The maximum Gasteiger partial charge on any atom is 0.332 e. The first-order valence-electron chi connectivity index (χ1n) is 9.64. The summed E-state index contributed by atoms with van der Waals surface area (Å²) < 4.78 is 15.2. The highest BCUT2D eigenvalue weighted by Gasteiger charge is 2.29. The second kappa shape index (κ2) is 9.29. The fraction of sp³-hybridized carbons (Fsp3) is 0.579. The Bertz CT molecular complexity index is 1020. The molecular formula is C19H26N4O6. The third-order valence-corrected chi connectivity index (χ3v) is 4.92. The van der Waals surface area contributed by atoms with Gasteiger partial charge in [0.05, 0.1) is 12.9 Å². The number of hydrogen-bond acceptors (Lipinski definition) is 7. The SMILES string of the molecule is Cn1c(=O)c2ncn([C@H]3O[C@H](COCCCCCCO)C=CC3=O)c2n(C)c1=O. The van der Waals surface area contributed by atoms with E-state index in [2.05, 4.69) is 4.98 Å². The van der Waals surface area contributed by atoms with E-state index in [0.717, 1.165) is 30.3 Å². The molecule has 0 bridgehead atoms. The first-order chi connectivity index (χ1) is 14.0. The van der Waals surface area contributed by atoms with Gasteiger partial charge in [0.2, 0.25) is 12.0 Å². The van der Waals surface area contributed by atoms with Crippen LogP contribution in [0, 0.1) is 0 Å². The molecule has 0 fully saturated rings. The topological polar surface area (TPSA) is 118 Å². The normalized spacial score (nSPS) is 19.3. The lowest BCUT2D eigenvalue weighted by atomic mass is 10.2. The van der Waals surface area contributed by atoms with Crippen LogP contribution in [0.25, 0.3) is 11.2 Å². The number of ether oxygens (including phenoxy) is 2. The Balaban J connectivity index is 1.72. The molecule has 0 saturated carbocycles. The van der Waals surface area contributed by atoms with Gasteiger partial charge in [-0.3, -0.25) is 23.3 Å². The van der Waals surface area contributed by atoms with E-state index < -0.39 is 23.6 Å². The molecular weight excluding hydrogens is 380 g/mol. The molecule has 0 aromatic carbocycles. The molecule has 1 N–H and O–H groups in total. The van der Waals surface area contributed by atoms with E-state index in [1.807, 2.05) is 0 Å². The van der Waals surface area contributed by atoms with E-state index in [0.29, 0.717) is 6.61 Å². The average molecular weight is 406 g/mol. The van der Waals surface area contributed by atoms with Gasteiger partial charge in [-0.1, -0.05) is 12.8 Å². The second-order valence-electron chi connectivity index (χ2n) is 7.03. The third-order valence-electron chi connectivity index (χ3n) is 4.92. The maximum absolute atomic E-state index is 12.4. The average Bonchev–Trinajstić information content (AvgIpc) is 3.16. The van der Waals surface area contributed by atoms with Gasteiger partial charge in [0, 0.05) is 27.3 Å². The number of unbranched alkanes of at least 4 members (excludes halogenated alkanes) is 3. The Morgan fingerprint density at radius 3 is 2.66 bits per heavy atom. The summed E-state index contributed by atoms with van der Waals surface area (Å²) in [5.41, 5.74) is -0.711. The van der Waals surface area contributed by atoms with Crippen molar-refractivity contribution in [3.63, 3.8) is 0 Å². The molecule has 0 spiro atoms. The Labute approximate surface area is 167 Å². The van der Waals surface area contributed by atoms with E-state index in [-0.39, 0.29) is 30.2 Å². The van der Waals surface area contributed by atoms with Crippen molar-refractivity contribution in [2.24, 2.45) is 14.1 Å². The van der Waals surface area contributed by atoms with Gasteiger partial charge in [-0.05, 0) is 25.0 Å². The van der Waals surface area contributed by atoms with Crippen LogP contribution in [0.3, 0.4) is 0 Å². The smallest absolute Gasteiger partial charge is 0.332 e. The predicted octanol–water partition coefficient (Wildman–Crippen LogP) is 0.0257. The number of rotatable bonds is 9. The summed E-state index contributed by atoms with van der Waals surface area (Å²) in [5, 5.41) is 8.76. The molecule has 1 aliphatic rings. The molecule has 2 aromatic heterocycles. The Morgan fingerprint density at radius 2 is 1.90 bits per heavy atom. The quantitative estimate of drug-likeness (QED) is 0.584. The zero-order chi connectivity index (χ0) is 21.0. The largest absolute Gasteiger partial charge is 0.396 e. The zero-order valence-electron chi connectivity index (χ0n) is 16.6. The van der Waals surface area contributed by atoms with Crippen LogP contribution < -0.4 is 11.2 Å². The van der Waals surface area contributed by atoms with Gasteiger partial charge in [0.25, 0.3) is 5.56 Å². The van der Waals surface area contributed by atoms with Crippen molar-refractivity contribution in [2.45, 2.75) is 38.0 Å². The molecule has 10 nitrogen and oxygen atoms in total. The van der Waals surface area contributed by atoms with Crippen molar-refractivity contribution in [1.29, 1.82) is 0 Å². The van der Waals surface area contributed by atoms with Gasteiger partial charge in [-0.25, -0.2) is 9.78 Å². The van der Waals surface area contributed by atoms with Crippen LogP contribution in [-0.2, 0) is 28.4 Å². The summed E-state index contributed by atoms with van der Waals surface area (Å²) in [6.07, 6.45) is 6.56. The van der Waals surface area contributed by atoms with E-state index >= 15 is 0 Å². The summed E-state index contributed by atoms with van der Waals surface area (Å²) >= 11 is 0. The van der Waals surface area contributed by atoms with Gasteiger partial charge >= 0.3 is 5.69 Å². The van der Waals surface area contributed by atoms with E-state index in [9.17, 15) is 14.4 Å². The predicted molar refractivity (Wildman–Crippen MR) is 105 cm³/mol. The number of carbonyl (C=O) groups excluding carboxylic acids is 1. The maximum atomic E-state index is 12.4. The molecule has 0 saturated heterocycles. The fourth-order valence-corrected chi connectivity index (χ4v) is 3.30. The molecule has 3 rings (SSSR count). The van der Waals surface area contributed by atoms with Gasteiger partial charge in [-0.2, -0.15) is 0 Å². The molecule has 0 amide bonds. The summed E-state index contributed by atoms with van der Waals surface area (Å²) in [7, 11) is 2.90. The summed E-state index contributed by atoms with van der Waals surface area (Å²) in [4.78, 5) is 41.1. The number of carbonyl (C=O) groups is 1. The van der Waals surface area contributed by atoms with Gasteiger partial charge < -0.3 is 14.6 Å². The van der Waals surface area contributed by atoms with Crippen molar-refractivity contribution in [3.8, 4) is 0 Å². The Hall–Kier alpha value is -2.56. The first kappa shape index (κ1) is 21.2. The van der Waals surface area contributed by atoms with E-state index in [4.69, 9.17) is 14.6 Å². The summed E-state index contributed by atoms with van der Waals surface area (Å²) in [6.45, 7) is 1.06. The third kappa shape index (κ3) is 4.39. The lowest BCUT2D eigenvalue weighted by Gasteiger charge is -2.26. The van der Waals surface area contributed by atoms with Gasteiger partial charge in [-0.15, -0.1) is 0 Å².